The summed E-state index contributed by atoms with van der Waals surface area (Å²) in [7, 11) is 0. The molecular weight excluding hydrogens is 353 g/mol. The molecule has 1 atom stereocenters. The van der Waals surface area contributed by atoms with E-state index in [2.05, 4.69) is 15.1 Å². The molecule has 0 radical (unpaired) electrons. The fraction of sp³-hybridized carbons (Fsp3) is 0.333. The molecule has 0 amide bonds. The topological polar surface area (TPSA) is 92.4 Å². The van der Waals surface area contributed by atoms with E-state index >= 15 is 0 Å². The SMILES string of the molecule is Cc1c2c(-c3noc(CC4CCCO4)n3)ncn2c2ccc(F)cc2[n+]1[O-]. The predicted octanol–water partition coefficient (Wildman–Crippen LogP) is 2.34. The van der Waals surface area contributed by atoms with Crippen LogP contribution in [0.15, 0.2) is 29.0 Å². The summed E-state index contributed by atoms with van der Waals surface area (Å²) in [6.07, 6.45) is 4.24. The number of rotatable bonds is 3. The Kier molecular flexibility index (Phi) is 3.57. The zero-order valence-corrected chi connectivity index (χ0v) is 14.6. The maximum Gasteiger partial charge on any atom is 0.244 e. The van der Waals surface area contributed by atoms with Gasteiger partial charge in [0.25, 0.3) is 0 Å². The summed E-state index contributed by atoms with van der Waals surface area (Å²) in [6, 6.07) is 4.07. The molecule has 4 aromatic rings. The second-order valence-corrected chi connectivity index (χ2v) is 6.68. The van der Waals surface area contributed by atoms with Crippen LogP contribution in [0.4, 0.5) is 4.39 Å². The van der Waals surface area contributed by atoms with Gasteiger partial charge < -0.3 is 14.5 Å². The van der Waals surface area contributed by atoms with Gasteiger partial charge in [0.15, 0.2) is 0 Å². The quantitative estimate of drug-likeness (QED) is 0.407. The van der Waals surface area contributed by atoms with E-state index in [1.165, 1.54) is 12.1 Å². The lowest BCUT2D eigenvalue weighted by Gasteiger charge is -2.08. The molecule has 0 spiro atoms. The van der Waals surface area contributed by atoms with Crippen molar-refractivity contribution in [3.8, 4) is 11.5 Å². The van der Waals surface area contributed by atoms with Gasteiger partial charge >= 0.3 is 0 Å². The van der Waals surface area contributed by atoms with E-state index in [9.17, 15) is 9.60 Å². The third-order valence-electron chi connectivity index (χ3n) is 4.94. The standard InChI is InChI=1S/C18H16FN5O3/c1-10-17-16(18-21-15(27-22-18)8-12-3-2-6-26-12)20-9-23(17)13-5-4-11(19)7-14(13)24(10)25/h4-5,7,9,12H,2-3,6,8H2,1H3. The molecule has 3 aromatic heterocycles. The van der Waals surface area contributed by atoms with Crippen LogP contribution in [-0.4, -0.2) is 32.2 Å². The van der Waals surface area contributed by atoms with Crippen LogP contribution in [-0.2, 0) is 11.2 Å². The molecule has 1 aromatic carbocycles. The van der Waals surface area contributed by atoms with Crippen molar-refractivity contribution in [2.75, 3.05) is 6.61 Å². The average Bonchev–Trinajstić information content (AvgIpc) is 3.40. The van der Waals surface area contributed by atoms with Crippen molar-refractivity contribution >= 4 is 16.6 Å². The maximum absolute atomic E-state index is 13.6. The highest BCUT2D eigenvalue weighted by molar-refractivity contribution is 5.82. The number of aromatic nitrogens is 5. The molecule has 5 rings (SSSR count). The smallest absolute Gasteiger partial charge is 0.244 e. The van der Waals surface area contributed by atoms with Gasteiger partial charge in [-0.1, -0.05) is 5.16 Å². The summed E-state index contributed by atoms with van der Waals surface area (Å²) < 4.78 is 27.0. The summed E-state index contributed by atoms with van der Waals surface area (Å²) >= 11 is 0. The zero-order chi connectivity index (χ0) is 18.5. The molecular formula is C18H16FN5O3. The maximum atomic E-state index is 13.6. The third kappa shape index (κ3) is 2.54. The largest absolute Gasteiger partial charge is 0.618 e. The number of hydrogen-bond donors (Lipinski definition) is 0. The Bertz CT molecular complexity index is 1160. The van der Waals surface area contributed by atoms with Crippen LogP contribution in [0.3, 0.4) is 0 Å². The van der Waals surface area contributed by atoms with Gasteiger partial charge in [-0.2, -0.15) is 9.71 Å². The van der Waals surface area contributed by atoms with Gasteiger partial charge in [0, 0.05) is 19.6 Å². The van der Waals surface area contributed by atoms with Crippen molar-refractivity contribution in [2.24, 2.45) is 0 Å². The lowest BCUT2D eigenvalue weighted by atomic mass is 10.2. The Morgan fingerprint density at radius 3 is 3.11 bits per heavy atom. The lowest BCUT2D eigenvalue weighted by Crippen LogP contribution is -2.32. The van der Waals surface area contributed by atoms with Crippen molar-refractivity contribution in [1.29, 1.82) is 0 Å². The first-order valence-corrected chi connectivity index (χ1v) is 8.75. The third-order valence-corrected chi connectivity index (χ3v) is 4.94. The molecule has 8 nitrogen and oxygen atoms in total. The summed E-state index contributed by atoms with van der Waals surface area (Å²) in [5, 5.41) is 16.7. The number of fused-ring (bicyclic) bond motifs is 3. The van der Waals surface area contributed by atoms with E-state index < -0.39 is 5.82 Å². The van der Waals surface area contributed by atoms with Gasteiger partial charge in [0.2, 0.25) is 22.9 Å². The van der Waals surface area contributed by atoms with Crippen LogP contribution < -0.4 is 4.73 Å². The Morgan fingerprint density at radius 1 is 1.41 bits per heavy atom. The number of nitrogens with zero attached hydrogens (tertiary/aromatic N) is 5. The van der Waals surface area contributed by atoms with Crippen LogP contribution in [0.25, 0.3) is 28.1 Å². The van der Waals surface area contributed by atoms with E-state index in [0.29, 0.717) is 45.3 Å². The Hall–Kier alpha value is -3.07. The van der Waals surface area contributed by atoms with Crippen LogP contribution in [0.5, 0.6) is 0 Å². The van der Waals surface area contributed by atoms with Crippen molar-refractivity contribution in [2.45, 2.75) is 32.3 Å². The molecule has 1 fully saturated rings. The van der Waals surface area contributed by atoms with Crippen molar-refractivity contribution in [1.82, 2.24) is 19.5 Å². The Balaban J connectivity index is 1.63. The summed E-state index contributed by atoms with van der Waals surface area (Å²) in [4.78, 5) is 8.81. The van der Waals surface area contributed by atoms with Gasteiger partial charge in [0.05, 0.1) is 12.5 Å². The molecule has 0 bridgehead atoms. The van der Waals surface area contributed by atoms with Crippen LogP contribution in [0.2, 0.25) is 0 Å². The highest BCUT2D eigenvalue weighted by Crippen LogP contribution is 2.26. The highest BCUT2D eigenvalue weighted by Gasteiger charge is 2.25. The average molecular weight is 369 g/mol. The first-order chi connectivity index (χ1) is 13.1. The van der Waals surface area contributed by atoms with E-state index in [1.54, 1.807) is 23.7 Å². The second-order valence-electron chi connectivity index (χ2n) is 6.68. The van der Waals surface area contributed by atoms with Crippen LogP contribution in [0.1, 0.15) is 24.4 Å². The van der Waals surface area contributed by atoms with E-state index in [-0.39, 0.29) is 11.6 Å². The van der Waals surface area contributed by atoms with Crippen molar-refractivity contribution in [3.05, 3.63) is 47.1 Å². The highest BCUT2D eigenvalue weighted by atomic mass is 19.1. The molecule has 1 saturated heterocycles. The number of halogens is 1. The van der Waals surface area contributed by atoms with Gasteiger partial charge in [-0.05, 0) is 25.0 Å². The first-order valence-electron chi connectivity index (χ1n) is 8.75. The Morgan fingerprint density at radius 2 is 2.30 bits per heavy atom. The van der Waals surface area contributed by atoms with Crippen molar-refractivity contribution < 1.29 is 18.4 Å². The van der Waals surface area contributed by atoms with Crippen LogP contribution in [0, 0.1) is 17.9 Å². The molecule has 0 saturated carbocycles. The van der Waals surface area contributed by atoms with Crippen LogP contribution >= 0.6 is 0 Å². The number of hydrogen-bond acceptors (Lipinski definition) is 6. The zero-order valence-electron chi connectivity index (χ0n) is 14.6. The van der Waals surface area contributed by atoms with Gasteiger partial charge in [-0.3, -0.25) is 4.40 Å². The first kappa shape index (κ1) is 16.1. The summed E-state index contributed by atoms with van der Waals surface area (Å²) in [6.45, 7) is 2.42. The summed E-state index contributed by atoms with van der Waals surface area (Å²) in [5.74, 6) is 0.326. The minimum absolute atomic E-state index is 0.0985. The van der Waals surface area contributed by atoms with E-state index in [4.69, 9.17) is 9.26 Å². The van der Waals surface area contributed by atoms with Crippen molar-refractivity contribution in [3.63, 3.8) is 0 Å². The molecule has 0 N–H and O–H groups in total. The second kappa shape index (κ2) is 5.98. The monoisotopic (exact) mass is 369 g/mol. The lowest BCUT2D eigenvalue weighted by molar-refractivity contribution is -0.583. The molecule has 4 heterocycles. The number of benzene rings is 1. The number of aryl methyl sites for hydroxylation is 1. The van der Waals surface area contributed by atoms with Gasteiger partial charge in [0.1, 0.15) is 28.9 Å². The number of imidazole rings is 1. The molecule has 27 heavy (non-hydrogen) atoms. The Labute approximate surface area is 152 Å². The predicted molar refractivity (Wildman–Crippen MR) is 92.3 cm³/mol. The molecule has 1 unspecified atom stereocenters. The molecule has 9 heteroatoms. The molecule has 0 aliphatic carbocycles. The normalized spacial score (nSPS) is 17.3. The van der Waals surface area contributed by atoms with E-state index in [0.717, 1.165) is 19.4 Å². The minimum atomic E-state index is -0.469. The minimum Gasteiger partial charge on any atom is -0.618 e. The fourth-order valence-electron chi connectivity index (χ4n) is 3.61. The van der Waals surface area contributed by atoms with Gasteiger partial charge in [-0.15, -0.1) is 0 Å². The van der Waals surface area contributed by atoms with E-state index in [1.807, 2.05) is 0 Å². The summed E-state index contributed by atoms with van der Waals surface area (Å²) in [5.41, 5.74) is 2.18. The van der Waals surface area contributed by atoms with Gasteiger partial charge in [-0.25, -0.2) is 9.37 Å². The molecule has 1 aliphatic heterocycles. The molecule has 138 valence electrons. The molecule has 1 aliphatic rings. The fourth-order valence-corrected chi connectivity index (χ4v) is 3.61. The number of ether oxygens (including phenoxy) is 1.